The van der Waals surface area contributed by atoms with Crippen molar-refractivity contribution in [2.24, 2.45) is 4.99 Å². The first kappa shape index (κ1) is 23.5. The van der Waals surface area contributed by atoms with Gasteiger partial charge in [-0.05, 0) is 63.6 Å². The van der Waals surface area contributed by atoms with Gasteiger partial charge in [0.05, 0.1) is 25.4 Å². The van der Waals surface area contributed by atoms with Crippen molar-refractivity contribution >= 4 is 11.9 Å². The summed E-state index contributed by atoms with van der Waals surface area (Å²) in [6.07, 6.45) is 6.18. The lowest BCUT2D eigenvalue weighted by molar-refractivity contribution is -0.0721. The number of benzene rings is 1. The standard InChI is InChI=1S/C24H38N4O3/c1-3-25-23(29)20-10-8-19(9-11-20)17-27-24(26-4-2)28-14-12-21(13-15-28)31-18-22-7-5-6-16-30-22/h8-11,21-22H,3-7,12-18H2,1-2H3,(H,25,29)(H,26,27). The molecular formula is C24H38N4O3. The van der Waals surface area contributed by atoms with E-state index in [-0.39, 0.29) is 12.0 Å². The van der Waals surface area contributed by atoms with E-state index in [0.29, 0.717) is 24.8 Å². The summed E-state index contributed by atoms with van der Waals surface area (Å²) in [7, 11) is 0. The molecule has 1 atom stereocenters. The van der Waals surface area contributed by atoms with Gasteiger partial charge in [0.15, 0.2) is 5.96 Å². The molecule has 7 heteroatoms. The van der Waals surface area contributed by atoms with Crippen LogP contribution in [0.1, 0.15) is 61.9 Å². The molecule has 2 N–H and O–H groups in total. The third-order valence-electron chi connectivity index (χ3n) is 5.83. The van der Waals surface area contributed by atoms with Crippen molar-refractivity contribution in [3.63, 3.8) is 0 Å². The third kappa shape index (κ3) is 7.51. The van der Waals surface area contributed by atoms with E-state index >= 15 is 0 Å². The van der Waals surface area contributed by atoms with E-state index in [9.17, 15) is 4.79 Å². The summed E-state index contributed by atoms with van der Waals surface area (Å²) in [6, 6.07) is 7.68. The van der Waals surface area contributed by atoms with Crippen LogP contribution in [0.25, 0.3) is 0 Å². The number of hydrogen-bond acceptors (Lipinski definition) is 4. The van der Waals surface area contributed by atoms with Gasteiger partial charge in [-0.25, -0.2) is 4.99 Å². The zero-order chi connectivity index (χ0) is 21.9. The molecule has 0 spiro atoms. The van der Waals surface area contributed by atoms with Crippen LogP contribution in [-0.4, -0.2) is 68.4 Å². The van der Waals surface area contributed by atoms with Crippen LogP contribution in [-0.2, 0) is 16.0 Å². The van der Waals surface area contributed by atoms with Crippen molar-refractivity contribution in [3.05, 3.63) is 35.4 Å². The van der Waals surface area contributed by atoms with Crippen molar-refractivity contribution in [3.8, 4) is 0 Å². The molecule has 1 aromatic rings. The Morgan fingerprint density at radius 3 is 2.48 bits per heavy atom. The zero-order valence-corrected chi connectivity index (χ0v) is 19.1. The highest BCUT2D eigenvalue weighted by molar-refractivity contribution is 5.94. The van der Waals surface area contributed by atoms with Crippen LogP contribution in [0.3, 0.4) is 0 Å². The van der Waals surface area contributed by atoms with Gasteiger partial charge in [-0.3, -0.25) is 4.79 Å². The van der Waals surface area contributed by atoms with Crippen LogP contribution in [0, 0.1) is 0 Å². The molecule has 0 radical (unpaired) electrons. The number of nitrogens with zero attached hydrogens (tertiary/aromatic N) is 2. The van der Waals surface area contributed by atoms with Gasteiger partial charge in [0.1, 0.15) is 0 Å². The summed E-state index contributed by atoms with van der Waals surface area (Å²) in [5, 5.41) is 6.24. The van der Waals surface area contributed by atoms with Crippen LogP contribution in [0.15, 0.2) is 29.3 Å². The molecule has 2 heterocycles. The molecule has 3 rings (SSSR count). The maximum atomic E-state index is 11.9. The molecule has 2 fully saturated rings. The average molecular weight is 431 g/mol. The first-order valence-corrected chi connectivity index (χ1v) is 11.8. The first-order chi connectivity index (χ1) is 15.2. The van der Waals surface area contributed by atoms with Crippen molar-refractivity contribution < 1.29 is 14.3 Å². The number of rotatable bonds is 8. The quantitative estimate of drug-likeness (QED) is 0.490. The Bertz CT molecular complexity index is 693. The number of likely N-dealkylation sites (tertiary alicyclic amines) is 1. The molecule has 1 unspecified atom stereocenters. The van der Waals surface area contributed by atoms with E-state index in [4.69, 9.17) is 14.5 Å². The molecule has 172 valence electrons. The number of ether oxygens (including phenoxy) is 2. The average Bonchev–Trinajstić information content (AvgIpc) is 2.82. The summed E-state index contributed by atoms with van der Waals surface area (Å²) in [5.41, 5.74) is 1.77. The van der Waals surface area contributed by atoms with Crippen LogP contribution < -0.4 is 10.6 Å². The number of piperidine rings is 1. The Morgan fingerprint density at radius 1 is 1.10 bits per heavy atom. The summed E-state index contributed by atoms with van der Waals surface area (Å²) < 4.78 is 11.9. The highest BCUT2D eigenvalue weighted by Gasteiger charge is 2.23. The molecule has 0 bridgehead atoms. The Morgan fingerprint density at radius 2 is 1.84 bits per heavy atom. The number of aliphatic imine (C=N–C) groups is 1. The number of guanidine groups is 1. The van der Waals surface area contributed by atoms with E-state index in [1.165, 1.54) is 12.8 Å². The number of carbonyl (C=O) groups excluding carboxylic acids is 1. The smallest absolute Gasteiger partial charge is 0.251 e. The fourth-order valence-electron chi connectivity index (χ4n) is 4.03. The molecule has 0 aliphatic carbocycles. The Balaban J connectivity index is 1.47. The number of hydrogen-bond donors (Lipinski definition) is 2. The van der Waals surface area contributed by atoms with E-state index in [2.05, 4.69) is 22.5 Å². The van der Waals surface area contributed by atoms with Crippen molar-refractivity contribution in [2.45, 2.75) is 64.7 Å². The molecule has 7 nitrogen and oxygen atoms in total. The number of nitrogens with one attached hydrogen (secondary N) is 2. The van der Waals surface area contributed by atoms with Crippen molar-refractivity contribution in [1.29, 1.82) is 0 Å². The largest absolute Gasteiger partial charge is 0.376 e. The minimum atomic E-state index is -0.0361. The maximum absolute atomic E-state index is 11.9. The fraction of sp³-hybridized carbons (Fsp3) is 0.667. The minimum Gasteiger partial charge on any atom is -0.376 e. The van der Waals surface area contributed by atoms with E-state index in [1.807, 2.05) is 31.2 Å². The Labute approximate surface area is 186 Å². The highest BCUT2D eigenvalue weighted by Crippen LogP contribution is 2.18. The van der Waals surface area contributed by atoms with Crippen LogP contribution in [0.5, 0.6) is 0 Å². The first-order valence-electron chi connectivity index (χ1n) is 11.8. The monoisotopic (exact) mass is 430 g/mol. The number of carbonyl (C=O) groups is 1. The van der Waals surface area contributed by atoms with Crippen LogP contribution in [0.4, 0.5) is 0 Å². The van der Waals surface area contributed by atoms with Gasteiger partial charge in [0.2, 0.25) is 0 Å². The van der Waals surface area contributed by atoms with Gasteiger partial charge in [0.25, 0.3) is 5.91 Å². The third-order valence-corrected chi connectivity index (χ3v) is 5.83. The van der Waals surface area contributed by atoms with Crippen LogP contribution in [0.2, 0.25) is 0 Å². The normalized spacial score (nSPS) is 20.5. The van der Waals surface area contributed by atoms with Gasteiger partial charge in [-0.15, -0.1) is 0 Å². The second kappa shape index (κ2) is 12.7. The van der Waals surface area contributed by atoms with Crippen LogP contribution >= 0.6 is 0 Å². The molecular weight excluding hydrogens is 392 g/mol. The minimum absolute atomic E-state index is 0.0361. The number of amides is 1. The van der Waals surface area contributed by atoms with Crippen molar-refractivity contribution in [1.82, 2.24) is 15.5 Å². The molecule has 2 saturated heterocycles. The molecule has 1 amide bonds. The van der Waals surface area contributed by atoms with Gasteiger partial charge in [-0.1, -0.05) is 12.1 Å². The lowest BCUT2D eigenvalue weighted by Gasteiger charge is -2.35. The Hall–Kier alpha value is -2.12. The molecule has 2 aliphatic heterocycles. The summed E-state index contributed by atoms with van der Waals surface area (Å²) >= 11 is 0. The summed E-state index contributed by atoms with van der Waals surface area (Å²) in [5.74, 6) is 0.912. The van der Waals surface area contributed by atoms with E-state index < -0.39 is 0 Å². The van der Waals surface area contributed by atoms with E-state index in [1.54, 1.807) is 0 Å². The highest BCUT2D eigenvalue weighted by atomic mass is 16.5. The summed E-state index contributed by atoms with van der Waals surface area (Å²) in [4.78, 5) is 19.1. The molecule has 31 heavy (non-hydrogen) atoms. The van der Waals surface area contributed by atoms with Gasteiger partial charge in [-0.2, -0.15) is 0 Å². The van der Waals surface area contributed by atoms with Crippen molar-refractivity contribution in [2.75, 3.05) is 39.4 Å². The summed E-state index contributed by atoms with van der Waals surface area (Å²) in [6.45, 7) is 9.57. The molecule has 0 aromatic heterocycles. The Kier molecular flexibility index (Phi) is 9.62. The SMILES string of the molecule is CCNC(=O)c1ccc(CN=C(NCC)N2CCC(OCC3CCCCO3)CC2)cc1. The lowest BCUT2D eigenvalue weighted by Crippen LogP contribution is -2.47. The maximum Gasteiger partial charge on any atom is 0.251 e. The molecule has 1 aromatic carbocycles. The zero-order valence-electron chi connectivity index (χ0n) is 19.1. The van der Waals surface area contributed by atoms with Gasteiger partial charge >= 0.3 is 0 Å². The molecule has 2 aliphatic rings. The predicted molar refractivity (Wildman–Crippen MR) is 123 cm³/mol. The topological polar surface area (TPSA) is 75.2 Å². The van der Waals surface area contributed by atoms with E-state index in [0.717, 1.165) is 63.6 Å². The second-order valence-electron chi connectivity index (χ2n) is 8.23. The predicted octanol–water partition coefficient (Wildman–Crippen LogP) is 2.95. The van der Waals surface area contributed by atoms with Gasteiger partial charge in [0, 0.05) is 38.3 Å². The van der Waals surface area contributed by atoms with Gasteiger partial charge < -0.3 is 25.0 Å². The second-order valence-corrected chi connectivity index (χ2v) is 8.23. The lowest BCUT2D eigenvalue weighted by atomic mass is 10.1. The fourth-order valence-corrected chi connectivity index (χ4v) is 4.03. The molecule has 0 saturated carbocycles.